The summed E-state index contributed by atoms with van der Waals surface area (Å²) in [6, 6.07) is 5.55. The molecule has 0 N–H and O–H groups in total. The zero-order chi connectivity index (χ0) is 18.3. The Balaban J connectivity index is 1.85. The van der Waals surface area contributed by atoms with E-state index in [-0.39, 0.29) is 18.3 Å². The number of morpholine rings is 1. The van der Waals surface area contributed by atoms with Gasteiger partial charge in [-0.3, -0.25) is 4.79 Å². The number of ether oxygens (including phenoxy) is 2. The Morgan fingerprint density at radius 1 is 1.19 bits per heavy atom. The van der Waals surface area contributed by atoms with E-state index >= 15 is 0 Å². The third-order valence-corrected chi connectivity index (χ3v) is 4.36. The molecule has 0 spiro atoms. The summed E-state index contributed by atoms with van der Waals surface area (Å²) in [4.78, 5) is 26.7. The fraction of sp³-hybridized carbons (Fsp3) is 0.333. The van der Waals surface area contributed by atoms with Gasteiger partial charge in [0.2, 0.25) is 0 Å². The van der Waals surface area contributed by atoms with Gasteiger partial charge in [0.15, 0.2) is 11.3 Å². The molecule has 1 amide bonds. The van der Waals surface area contributed by atoms with Crippen molar-refractivity contribution in [3.63, 3.8) is 0 Å². The number of carbonyl (C=O) groups excluding carboxylic acids is 2. The Morgan fingerprint density at radius 2 is 1.96 bits per heavy atom. The summed E-state index contributed by atoms with van der Waals surface area (Å²) in [6.07, 6.45) is -0.649. The van der Waals surface area contributed by atoms with Crippen molar-refractivity contribution in [3.05, 3.63) is 35.8 Å². The van der Waals surface area contributed by atoms with Crippen LogP contribution in [-0.4, -0.2) is 54.4 Å². The summed E-state index contributed by atoms with van der Waals surface area (Å²) in [5.41, 5.74) is 1.06. The van der Waals surface area contributed by atoms with Gasteiger partial charge in [0.25, 0.3) is 5.91 Å². The highest BCUT2D eigenvalue weighted by Crippen LogP contribution is 2.32. The zero-order valence-corrected chi connectivity index (χ0v) is 14.2. The third-order valence-electron chi connectivity index (χ3n) is 4.36. The maximum atomic E-state index is 13.7. The number of rotatable bonds is 2. The van der Waals surface area contributed by atoms with Crippen LogP contribution in [0.15, 0.2) is 28.7 Å². The monoisotopic (exact) mass is 360 g/mol. The van der Waals surface area contributed by atoms with E-state index in [1.807, 2.05) is 0 Å². The van der Waals surface area contributed by atoms with Gasteiger partial charge in [-0.2, -0.15) is 0 Å². The number of amides is 1. The van der Waals surface area contributed by atoms with Gasteiger partial charge in [-0.1, -0.05) is 0 Å². The van der Waals surface area contributed by atoms with Crippen LogP contribution in [-0.2, 0) is 9.47 Å². The molecule has 26 heavy (non-hydrogen) atoms. The van der Waals surface area contributed by atoms with Crippen LogP contribution in [0.5, 0.6) is 0 Å². The smallest absolute Gasteiger partial charge is 0.419 e. The van der Waals surface area contributed by atoms with Crippen LogP contribution in [0.4, 0.5) is 9.18 Å². The number of fused-ring (bicyclic) bond motifs is 3. The SMILES string of the molecule is CCOC(=O)n1c2cc(F)ccc2c2oc(C(=O)N3CCOCC3)cc21. The lowest BCUT2D eigenvalue weighted by molar-refractivity contribution is 0.0284. The molecule has 1 aliphatic heterocycles. The average Bonchev–Trinajstić information content (AvgIpc) is 3.18. The first-order chi connectivity index (χ1) is 12.6. The van der Waals surface area contributed by atoms with E-state index < -0.39 is 11.9 Å². The molecule has 0 radical (unpaired) electrons. The molecular formula is C18H17FN2O5. The predicted octanol–water partition coefficient (Wildman–Crippen LogP) is 3.00. The van der Waals surface area contributed by atoms with Gasteiger partial charge in [-0.05, 0) is 25.1 Å². The van der Waals surface area contributed by atoms with Gasteiger partial charge < -0.3 is 18.8 Å². The highest BCUT2D eigenvalue weighted by atomic mass is 19.1. The second kappa shape index (κ2) is 6.45. The molecule has 0 saturated carbocycles. The number of hydrogen-bond acceptors (Lipinski definition) is 5. The minimum absolute atomic E-state index is 0.126. The first-order valence-corrected chi connectivity index (χ1v) is 8.38. The normalized spacial score (nSPS) is 14.9. The van der Waals surface area contributed by atoms with Gasteiger partial charge in [0.1, 0.15) is 5.82 Å². The van der Waals surface area contributed by atoms with Crippen LogP contribution < -0.4 is 0 Å². The maximum absolute atomic E-state index is 13.7. The average molecular weight is 360 g/mol. The Hall–Kier alpha value is -2.87. The molecule has 1 aromatic carbocycles. The Morgan fingerprint density at radius 3 is 2.69 bits per heavy atom. The third kappa shape index (κ3) is 2.62. The Bertz CT molecular complexity index is 1000. The molecule has 0 atom stereocenters. The standard InChI is InChI=1S/C18H17FN2O5/c1-2-25-18(23)21-13-9-11(19)3-4-12(13)16-14(21)10-15(26-16)17(22)20-5-7-24-8-6-20/h3-4,9-10H,2,5-8H2,1H3. The summed E-state index contributed by atoms with van der Waals surface area (Å²) < 4.78 is 31.0. The van der Waals surface area contributed by atoms with E-state index in [1.54, 1.807) is 11.8 Å². The van der Waals surface area contributed by atoms with E-state index in [0.29, 0.717) is 48.3 Å². The molecule has 4 rings (SSSR count). The molecule has 3 aromatic rings. The van der Waals surface area contributed by atoms with Crippen LogP contribution in [0.2, 0.25) is 0 Å². The largest absolute Gasteiger partial charge is 0.449 e. The maximum Gasteiger partial charge on any atom is 0.419 e. The van der Waals surface area contributed by atoms with E-state index in [1.165, 1.54) is 28.8 Å². The minimum Gasteiger partial charge on any atom is -0.449 e. The molecule has 3 heterocycles. The first-order valence-electron chi connectivity index (χ1n) is 8.38. The van der Waals surface area contributed by atoms with Gasteiger partial charge in [0.05, 0.1) is 30.9 Å². The van der Waals surface area contributed by atoms with Crippen molar-refractivity contribution in [1.82, 2.24) is 9.47 Å². The number of furan rings is 1. The number of carbonyl (C=O) groups is 2. The van der Waals surface area contributed by atoms with Crippen molar-refractivity contribution >= 4 is 34.0 Å². The molecule has 0 aliphatic carbocycles. The quantitative estimate of drug-likeness (QED) is 0.702. The second-order valence-corrected chi connectivity index (χ2v) is 5.93. The molecule has 2 aromatic heterocycles. The summed E-state index contributed by atoms with van der Waals surface area (Å²) in [6.45, 7) is 3.77. The van der Waals surface area contributed by atoms with Crippen LogP contribution in [0, 0.1) is 5.82 Å². The van der Waals surface area contributed by atoms with Crippen molar-refractivity contribution in [2.75, 3.05) is 32.9 Å². The van der Waals surface area contributed by atoms with E-state index in [2.05, 4.69) is 0 Å². The van der Waals surface area contributed by atoms with E-state index in [4.69, 9.17) is 13.9 Å². The summed E-state index contributed by atoms with van der Waals surface area (Å²) in [5, 5.41) is 0.537. The molecule has 8 heteroatoms. The molecule has 0 bridgehead atoms. The van der Waals surface area contributed by atoms with Crippen LogP contribution in [0.25, 0.3) is 22.0 Å². The van der Waals surface area contributed by atoms with Crippen molar-refractivity contribution in [3.8, 4) is 0 Å². The van der Waals surface area contributed by atoms with Gasteiger partial charge in [0, 0.05) is 24.5 Å². The Labute approximate surface area is 147 Å². The lowest BCUT2D eigenvalue weighted by Crippen LogP contribution is -2.40. The van der Waals surface area contributed by atoms with Crippen LogP contribution >= 0.6 is 0 Å². The number of halogens is 1. The van der Waals surface area contributed by atoms with Crippen molar-refractivity contribution in [1.29, 1.82) is 0 Å². The van der Waals surface area contributed by atoms with Crippen LogP contribution in [0.3, 0.4) is 0 Å². The van der Waals surface area contributed by atoms with Crippen molar-refractivity contribution in [2.24, 2.45) is 0 Å². The fourth-order valence-corrected chi connectivity index (χ4v) is 3.16. The molecular weight excluding hydrogens is 343 g/mol. The summed E-state index contributed by atoms with van der Waals surface area (Å²) in [5.74, 6) is -0.621. The van der Waals surface area contributed by atoms with Gasteiger partial charge in [-0.15, -0.1) is 0 Å². The van der Waals surface area contributed by atoms with Crippen LogP contribution in [0.1, 0.15) is 17.5 Å². The zero-order valence-electron chi connectivity index (χ0n) is 14.2. The number of nitrogens with zero attached hydrogens (tertiary/aromatic N) is 2. The van der Waals surface area contributed by atoms with Crippen molar-refractivity contribution < 1.29 is 27.9 Å². The molecule has 136 valence electrons. The van der Waals surface area contributed by atoms with Gasteiger partial charge >= 0.3 is 6.09 Å². The highest BCUT2D eigenvalue weighted by Gasteiger charge is 2.26. The molecule has 1 aliphatic rings. The number of benzene rings is 1. The Kier molecular flexibility index (Phi) is 4.12. The lowest BCUT2D eigenvalue weighted by Gasteiger charge is -2.25. The second-order valence-electron chi connectivity index (χ2n) is 5.93. The van der Waals surface area contributed by atoms with Gasteiger partial charge in [-0.25, -0.2) is 13.8 Å². The molecule has 0 unspecified atom stereocenters. The highest BCUT2D eigenvalue weighted by molar-refractivity contribution is 6.11. The lowest BCUT2D eigenvalue weighted by atomic mass is 10.2. The molecule has 1 saturated heterocycles. The van der Waals surface area contributed by atoms with E-state index in [9.17, 15) is 14.0 Å². The number of aromatic nitrogens is 1. The fourth-order valence-electron chi connectivity index (χ4n) is 3.16. The molecule has 1 fully saturated rings. The summed E-state index contributed by atoms with van der Waals surface area (Å²) >= 11 is 0. The first kappa shape index (κ1) is 16.6. The topological polar surface area (TPSA) is 73.9 Å². The minimum atomic E-state index is -0.649. The predicted molar refractivity (Wildman–Crippen MR) is 90.8 cm³/mol. The van der Waals surface area contributed by atoms with Crippen molar-refractivity contribution in [2.45, 2.75) is 6.92 Å². The summed E-state index contributed by atoms with van der Waals surface area (Å²) in [7, 11) is 0. The molecule has 7 nitrogen and oxygen atoms in total. The van der Waals surface area contributed by atoms with E-state index in [0.717, 1.165) is 0 Å². The number of hydrogen-bond donors (Lipinski definition) is 0.